The van der Waals surface area contributed by atoms with Crippen LogP contribution in [0.1, 0.15) is 10.6 Å². The molecule has 0 aliphatic heterocycles. The summed E-state index contributed by atoms with van der Waals surface area (Å²) in [5, 5.41) is 0.983. The van der Waals surface area contributed by atoms with E-state index in [0.29, 0.717) is 0 Å². The van der Waals surface area contributed by atoms with Crippen LogP contribution in [0.2, 0.25) is 0 Å². The van der Waals surface area contributed by atoms with Crippen molar-refractivity contribution in [2.75, 3.05) is 0 Å². The van der Waals surface area contributed by atoms with E-state index in [4.69, 9.17) is 0 Å². The molecule has 0 atom stereocenters. The predicted molar refractivity (Wildman–Crippen MR) is 96.0 cm³/mol. The summed E-state index contributed by atoms with van der Waals surface area (Å²) in [5.74, 6) is 0. The molecule has 0 unspecified atom stereocenters. The minimum absolute atomic E-state index is 0.944. The number of hydrogen-bond acceptors (Lipinski definition) is 4. The summed E-state index contributed by atoms with van der Waals surface area (Å²) in [6, 6.07) is 16.3. The van der Waals surface area contributed by atoms with Crippen molar-refractivity contribution in [3.05, 3.63) is 77.7 Å². The highest BCUT2D eigenvalue weighted by Gasteiger charge is 2.01. The Labute approximate surface area is 138 Å². The van der Waals surface area contributed by atoms with Crippen LogP contribution in [0.15, 0.2) is 67.1 Å². The van der Waals surface area contributed by atoms with Crippen LogP contribution < -0.4 is 0 Å². The van der Waals surface area contributed by atoms with Crippen LogP contribution in [0.25, 0.3) is 33.6 Å². The molecular weight excluding hydrogens is 302 g/mol. The third-order valence-corrected chi connectivity index (χ3v) is 4.47. The van der Waals surface area contributed by atoms with Crippen LogP contribution in [0.5, 0.6) is 0 Å². The van der Waals surface area contributed by atoms with Gasteiger partial charge in [0.15, 0.2) is 0 Å². The number of hydrogen-bond donors (Lipinski definition) is 0. The maximum Gasteiger partial charge on any atom is 0.117 e. The normalized spacial score (nSPS) is 11.3. The summed E-state index contributed by atoms with van der Waals surface area (Å²) in [7, 11) is 0. The second-order valence-electron chi connectivity index (χ2n) is 5.07. The first kappa shape index (κ1) is 13.8. The first-order chi connectivity index (χ1) is 11.4. The van der Waals surface area contributed by atoms with Gasteiger partial charge in [0.1, 0.15) is 10.5 Å². The van der Waals surface area contributed by atoms with Gasteiger partial charge in [-0.2, -0.15) is 0 Å². The molecule has 4 aromatic rings. The molecule has 110 valence electrons. The largest absolute Gasteiger partial charge is 0.262 e. The van der Waals surface area contributed by atoms with E-state index < -0.39 is 0 Å². The maximum atomic E-state index is 4.57. The molecule has 0 saturated heterocycles. The van der Waals surface area contributed by atoms with E-state index in [-0.39, 0.29) is 0 Å². The van der Waals surface area contributed by atoms with Crippen LogP contribution in [-0.2, 0) is 0 Å². The van der Waals surface area contributed by atoms with Crippen molar-refractivity contribution in [1.82, 2.24) is 15.0 Å². The van der Waals surface area contributed by atoms with Gasteiger partial charge in [-0.3, -0.25) is 9.97 Å². The summed E-state index contributed by atoms with van der Waals surface area (Å²) in [6.07, 6.45) is 9.53. The predicted octanol–water partition coefficient (Wildman–Crippen LogP) is 4.92. The smallest absolute Gasteiger partial charge is 0.117 e. The Morgan fingerprint density at radius 1 is 0.913 bits per heavy atom. The summed E-state index contributed by atoms with van der Waals surface area (Å²) in [5.41, 5.74) is 4.17. The average Bonchev–Trinajstić information content (AvgIpc) is 3.04. The first-order valence-electron chi connectivity index (χ1n) is 7.29. The van der Waals surface area contributed by atoms with Gasteiger partial charge < -0.3 is 0 Å². The molecule has 0 spiro atoms. The van der Waals surface area contributed by atoms with E-state index in [9.17, 15) is 0 Å². The number of nitrogens with zero attached hydrogens (tertiary/aromatic N) is 3. The SMILES string of the molecule is C(=C\c1nc2cnccc2s1)/c1cccc(-c2ccccn2)c1. The highest BCUT2D eigenvalue weighted by Crippen LogP contribution is 2.23. The van der Waals surface area contributed by atoms with Crippen molar-refractivity contribution >= 4 is 33.7 Å². The number of fused-ring (bicyclic) bond motifs is 1. The highest BCUT2D eigenvalue weighted by molar-refractivity contribution is 7.19. The van der Waals surface area contributed by atoms with Crippen LogP contribution >= 0.6 is 11.3 Å². The Bertz CT molecular complexity index is 941. The zero-order chi connectivity index (χ0) is 15.5. The molecule has 3 heterocycles. The molecule has 0 radical (unpaired) electrons. The fourth-order valence-corrected chi connectivity index (χ4v) is 3.21. The molecule has 0 fully saturated rings. The molecule has 0 amide bonds. The maximum absolute atomic E-state index is 4.57. The van der Waals surface area contributed by atoms with E-state index in [1.54, 1.807) is 23.7 Å². The molecule has 0 aliphatic carbocycles. The van der Waals surface area contributed by atoms with Gasteiger partial charge in [-0.15, -0.1) is 11.3 Å². The van der Waals surface area contributed by atoms with E-state index in [1.165, 1.54) is 0 Å². The zero-order valence-corrected chi connectivity index (χ0v) is 13.1. The van der Waals surface area contributed by atoms with Gasteiger partial charge in [0, 0.05) is 18.0 Å². The van der Waals surface area contributed by atoms with Crippen molar-refractivity contribution < 1.29 is 0 Å². The summed E-state index contributed by atoms with van der Waals surface area (Å²) in [4.78, 5) is 13.1. The topological polar surface area (TPSA) is 38.7 Å². The molecule has 0 bridgehead atoms. The second-order valence-corrected chi connectivity index (χ2v) is 6.13. The van der Waals surface area contributed by atoms with Gasteiger partial charge in [-0.1, -0.05) is 30.3 Å². The number of thiazole rings is 1. The summed E-state index contributed by atoms with van der Waals surface area (Å²) >= 11 is 1.67. The minimum atomic E-state index is 0.944. The fraction of sp³-hybridized carbons (Fsp3) is 0. The molecule has 0 saturated carbocycles. The Balaban J connectivity index is 1.63. The monoisotopic (exact) mass is 315 g/mol. The van der Waals surface area contributed by atoms with Crippen molar-refractivity contribution in [2.45, 2.75) is 0 Å². The van der Waals surface area contributed by atoms with Crippen molar-refractivity contribution in [1.29, 1.82) is 0 Å². The Kier molecular flexibility index (Phi) is 3.66. The molecular formula is C19H13N3S. The van der Waals surface area contributed by atoms with E-state index >= 15 is 0 Å². The van der Waals surface area contributed by atoms with Crippen LogP contribution in [0.4, 0.5) is 0 Å². The Morgan fingerprint density at radius 2 is 1.91 bits per heavy atom. The van der Waals surface area contributed by atoms with Crippen LogP contribution in [-0.4, -0.2) is 15.0 Å². The van der Waals surface area contributed by atoms with Crippen molar-refractivity contribution in [3.63, 3.8) is 0 Å². The number of pyridine rings is 2. The molecule has 1 aromatic carbocycles. The number of benzene rings is 1. The molecule has 0 aliphatic rings. The van der Waals surface area contributed by atoms with Crippen LogP contribution in [0, 0.1) is 0 Å². The minimum Gasteiger partial charge on any atom is -0.262 e. The molecule has 23 heavy (non-hydrogen) atoms. The average molecular weight is 315 g/mol. The number of aromatic nitrogens is 3. The van der Waals surface area contributed by atoms with E-state index in [1.807, 2.05) is 42.6 Å². The zero-order valence-electron chi connectivity index (χ0n) is 12.3. The lowest BCUT2D eigenvalue weighted by Gasteiger charge is -2.01. The standard InChI is InChI=1S/C19H13N3S/c1-2-10-21-16(6-1)15-5-3-4-14(12-15)7-8-19-22-17-13-20-11-9-18(17)23-19/h1-13H/b8-7+. The molecule has 4 heteroatoms. The lowest BCUT2D eigenvalue weighted by molar-refractivity contribution is 1.33. The lowest BCUT2D eigenvalue weighted by atomic mass is 10.1. The van der Waals surface area contributed by atoms with Gasteiger partial charge in [0.05, 0.1) is 16.6 Å². The summed E-state index contributed by atoms with van der Waals surface area (Å²) < 4.78 is 1.15. The Morgan fingerprint density at radius 3 is 2.78 bits per heavy atom. The van der Waals surface area contributed by atoms with Crippen molar-refractivity contribution in [3.8, 4) is 11.3 Å². The van der Waals surface area contributed by atoms with Gasteiger partial charge in [0.2, 0.25) is 0 Å². The highest BCUT2D eigenvalue weighted by atomic mass is 32.1. The van der Waals surface area contributed by atoms with Gasteiger partial charge >= 0.3 is 0 Å². The third-order valence-electron chi connectivity index (χ3n) is 3.47. The van der Waals surface area contributed by atoms with Crippen molar-refractivity contribution in [2.24, 2.45) is 0 Å². The first-order valence-corrected chi connectivity index (χ1v) is 8.10. The lowest BCUT2D eigenvalue weighted by Crippen LogP contribution is -1.82. The van der Waals surface area contributed by atoms with Gasteiger partial charge in [0.25, 0.3) is 0 Å². The fourth-order valence-electron chi connectivity index (χ4n) is 2.37. The second kappa shape index (κ2) is 6.10. The van der Waals surface area contributed by atoms with Gasteiger partial charge in [-0.05, 0) is 35.9 Å². The Hall–Kier alpha value is -2.85. The van der Waals surface area contributed by atoms with Gasteiger partial charge in [-0.25, -0.2) is 4.98 Å². The number of rotatable bonds is 3. The summed E-state index contributed by atoms with van der Waals surface area (Å²) in [6.45, 7) is 0. The molecule has 3 nitrogen and oxygen atoms in total. The third kappa shape index (κ3) is 3.03. The van der Waals surface area contributed by atoms with E-state index in [0.717, 1.165) is 32.0 Å². The quantitative estimate of drug-likeness (QED) is 0.538. The van der Waals surface area contributed by atoms with Crippen LogP contribution in [0.3, 0.4) is 0 Å². The molecule has 0 N–H and O–H groups in total. The molecule has 3 aromatic heterocycles. The molecule has 4 rings (SSSR count). The van der Waals surface area contributed by atoms with E-state index in [2.05, 4.69) is 39.2 Å².